The number of rotatable bonds is 6. The van der Waals surface area contributed by atoms with E-state index in [1.807, 2.05) is 60.8 Å². The second kappa shape index (κ2) is 7.87. The summed E-state index contributed by atoms with van der Waals surface area (Å²) < 4.78 is 3.54. The molecule has 7 heteroatoms. The Labute approximate surface area is 168 Å². The first-order chi connectivity index (χ1) is 14.0. The van der Waals surface area contributed by atoms with Gasteiger partial charge in [-0.3, -0.25) is 14.0 Å². The molecule has 0 fully saturated rings. The third kappa shape index (κ3) is 3.76. The van der Waals surface area contributed by atoms with Crippen LogP contribution in [0.2, 0.25) is 0 Å². The van der Waals surface area contributed by atoms with Crippen LogP contribution >= 0.6 is 0 Å². The molecule has 4 aromatic rings. The Morgan fingerprint density at radius 3 is 2.62 bits per heavy atom. The van der Waals surface area contributed by atoms with Crippen LogP contribution in [-0.2, 0) is 13.0 Å². The molecule has 29 heavy (non-hydrogen) atoms. The summed E-state index contributed by atoms with van der Waals surface area (Å²) >= 11 is 0. The lowest BCUT2D eigenvalue weighted by atomic mass is 10.1. The van der Waals surface area contributed by atoms with Crippen molar-refractivity contribution in [3.8, 4) is 0 Å². The lowest BCUT2D eigenvalue weighted by Crippen LogP contribution is -2.30. The van der Waals surface area contributed by atoms with Crippen LogP contribution in [0.1, 0.15) is 30.0 Å². The van der Waals surface area contributed by atoms with Crippen LogP contribution in [0.15, 0.2) is 59.7 Å². The van der Waals surface area contributed by atoms with E-state index in [2.05, 4.69) is 15.5 Å². The minimum Gasteiger partial charge on any atom is -0.352 e. The number of hydrogen-bond acceptors (Lipinski definition) is 4. The van der Waals surface area contributed by atoms with Crippen molar-refractivity contribution in [2.24, 2.45) is 5.92 Å². The first-order valence-corrected chi connectivity index (χ1v) is 9.73. The molecule has 1 amide bonds. The Bertz CT molecular complexity index is 1240. The molecule has 148 valence electrons. The summed E-state index contributed by atoms with van der Waals surface area (Å²) in [6, 6.07) is 13.0. The molecule has 3 aromatic heterocycles. The van der Waals surface area contributed by atoms with E-state index in [0.29, 0.717) is 41.8 Å². The molecule has 0 radical (unpaired) electrons. The Morgan fingerprint density at radius 2 is 1.83 bits per heavy atom. The highest BCUT2D eigenvalue weighted by Gasteiger charge is 2.15. The fraction of sp³-hybridized carbons (Fsp3) is 0.273. The average Bonchev–Trinajstić information content (AvgIpc) is 3.13. The summed E-state index contributed by atoms with van der Waals surface area (Å²) in [5.41, 5.74) is 1.22. The summed E-state index contributed by atoms with van der Waals surface area (Å²) in [4.78, 5) is 25.7. The van der Waals surface area contributed by atoms with E-state index in [1.165, 1.54) is 0 Å². The Kier molecular flexibility index (Phi) is 5.12. The minimum absolute atomic E-state index is 0.0687. The van der Waals surface area contributed by atoms with Gasteiger partial charge in [0.2, 0.25) is 0 Å². The van der Waals surface area contributed by atoms with E-state index in [1.54, 1.807) is 16.8 Å². The molecule has 0 saturated carbocycles. The van der Waals surface area contributed by atoms with Crippen LogP contribution in [-0.4, -0.2) is 31.6 Å². The van der Waals surface area contributed by atoms with Crippen molar-refractivity contribution < 1.29 is 4.79 Å². The number of hydrogen-bond donors (Lipinski definition) is 1. The number of carbonyl (C=O) groups excluding carboxylic acids is 1. The number of carbonyl (C=O) groups is 1. The van der Waals surface area contributed by atoms with Gasteiger partial charge in [-0.2, -0.15) is 0 Å². The van der Waals surface area contributed by atoms with Gasteiger partial charge in [-0.15, -0.1) is 10.2 Å². The van der Waals surface area contributed by atoms with E-state index in [-0.39, 0.29) is 11.5 Å². The van der Waals surface area contributed by atoms with Gasteiger partial charge < -0.3 is 9.88 Å². The van der Waals surface area contributed by atoms with Gasteiger partial charge in [-0.1, -0.05) is 38.1 Å². The maximum atomic E-state index is 12.9. The van der Waals surface area contributed by atoms with E-state index in [4.69, 9.17) is 0 Å². The predicted octanol–water partition coefficient (Wildman–Crippen LogP) is 2.67. The van der Waals surface area contributed by atoms with E-state index < -0.39 is 0 Å². The fourth-order valence-electron chi connectivity index (χ4n) is 3.50. The van der Waals surface area contributed by atoms with Gasteiger partial charge in [-0.25, -0.2) is 0 Å². The third-order valence-corrected chi connectivity index (χ3v) is 4.82. The van der Waals surface area contributed by atoms with Crippen molar-refractivity contribution in [3.05, 3.63) is 76.6 Å². The summed E-state index contributed by atoms with van der Waals surface area (Å²) in [5, 5.41) is 12.5. The number of aromatic nitrogens is 4. The van der Waals surface area contributed by atoms with Crippen molar-refractivity contribution in [2.75, 3.05) is 6.54 Å². The van der Waals surface area contributed by atoms with Gasteiger partial charge in [0, 0.05) is 42.7 Å². The number of pyridine rings is 2. The van der Waals surface area contributed by atoms with Crippen LogP contribution in [0.25, 0.3) is 16.4 Å². The molecule has 0 spiro atoms. The highest BCUT2D eigenvalue weighted by atomic mass is 16.2. The maximum absolute atomic E-state index is 12.9. The third-order valence-electron chi connectivity index (χ3n) is 4.82. The van der Waals surface area contributed by atoms with Crippen LogP contribution in [0, 0.1) is 5.92 Å². The average molecular weight is 389 g/mol. The zero-order valence-corrected chi connectivity index (χ0v) is 16.5. The largest absolute Gasteiger partial charge is 0.352 e. The van der Waals surface area contributed by atoms with Gasteiger partial charge >= 0.3 is 0 Å². The molecule has 0 saturated heterocycles. The Morgan fingerprint density at radius 1 is 1.07 bits per heavy atom. The molecule has 1 N–H and O–H groups in total. The molecular formula is C22H23N5O2. The highest BCUT2D eigenvalue weighted by molar-refractivity contribution is 6.06. The number of benzene rings is 1. The summed E-state index contributed by atoms with van der Waals surface area (Å²) in [6.45, 7) is 5.08. The van der Waals surface area contributed by atoms with E-state index in [9.17, 15) is 9.59 Å². The first kappa shape index (κ1) is 18.9. The second-order valence-electron chi connectivity index (χ2n) is 7.49. The molecule has 0 aliphatic heterocycles. The molecule has 7 nitrogen and oxygen atoms in total. The molecule has 0 aliphatic carbocycles. The van der Waals surface area contributed by atoms with Gasteiger partial charge in [0.05, 0.1) is 5.56 Å². The number of nitrogens with zero attached hydrogens (tertiary/aromatic N) is 4. The van der Waals surface area contributed by atoms with Crippen LogP contribution in [0.4, 0.5) is 0 Å². The standard InChI is InChI=1S/C22H23N5O2/c1-15(2)13-26-14-18(16-7-3-4-8-17(16)22(26)29)21(28)23-11-10-20-25-24-19-9-5-6-12-27(19)20/h3-9,12,14-15H,10-11,13H2,1-2H3,(H,23,28). The van der Waals surface area contributed by atoms with Crippen molar-refractivity contribution >= 4 is 22.3 Å². The van der Waals surface area contributed by atoms with Gasteiger partial charge in [0.1, 0.15) is 5.82 Å². The summed E-state index contributed by atoms with van der Waals surface area (Å²) in [5.74, 6) is 0.883. The number of amides is 1. The van der Waals surface area contributed by atoms with Crippen molar-refractivity contribution in [1.29, 1.82) is 0 Å². The second-order valence-corrected chi connectivity index (χ2v) is 7.49. The molecule has 0 unspecified atom stereocenters. The summed E-state index contributed by atoms with van der Waals surface area (Å²) in [6.07, 6.45) is 4.13. The summed E-state index contributed by atoms with van der Waals surface area (Å²) in [7, 11) is 0. The monoisotopic (exact) mass is 389 g/mol. The lowest BCUT2D eigenvalue weighted by molar-refractivity contribution is 0.0954. The van der Waals surface area contributed by atoms with Gasteiger partial charge in [-0.05, 0) is 24.1 Å². The molecule has 4 rings (SSSR count). The quantitative estimate of drug-likeness (QED) is 0.550. The van der Waals surface area contributed by atoms with Gasteiger partial charge in [0.25, 0.3) is 11.5 Å². The zero-order chi connectivity index (χ0) is 20.4. The SMILES string of the molecule is CC(C)Cn1cc(C(=O)NCCc2nnc3ccccn23)c2ccccc2c1=O. The normalized spacial score (nSPS) is 11.4. The molecule has 0 bridgehead atoms. The van der Waals surface area contributed by atoms with Gasteiger partial charge in [0.15, 0.2) is 5.65 Å². The van der Waals surface area contributed by atoms with E-state index in [0.717, 1.165) is 11.5 Å². The minimum atomic E-state index is -0.201. The van der Waals surface area contributed by atoms with Crippen LogP contribution in [0.3, 0.4) is 0 Å². The Hall–Kier alpha value is -3.48. The van der Waals surface area contributed by atoms with Crippen LogP contribution < -0.4 is 10.9 Å². The molecule has 0 atom stereocenters. The topological polar surface area (TPSA) is 81.3 Å². The molecular weight excluding hydrogens is 366 g/mol. The highest BCUT2D eigenvalue weighted by Crippen LogP contribution is 2.16. The zero-order valence-electron chi connectivity index (χ0n) is 16.5. The molecule has 3 heterocycles. The predicted molar refractivity (Wildman–Crippen MR) is 112 cm³/mol. The number of fused-ring (bicyclic) bond motifs is 2. The first-order valence-electron chi connectivity index (χ1n) is 9.73. The van der Waals surface area contributed by atoms with Crippen LogP contribution in [0.5, 0.6) is 0 Å². The maximum Gasteiger partial charge on any atom is 0.258 e. The lowest BCUT2D eigenvalue weighted by Gasteiger charge is -2.14. The molecule has 0 aliphatic rings. The van der Waals surface area contributed by atoms with E-state index >= 15 is 0 Å². The number of nitrogens with one attached hydrogen (secondary N) is 1. The molecule has 1 aromatic carbocycles. The fourth-order valence-corrected chi connectivity index (χ4v) is 3.50. The Balaban J connectivity index is 1.58. The van der Waals surface area contributed by atoms with Crippen molar-refractivity contribution in [2.45, 2.75) is 26.8 Å². The smallest absolute Gasteiger partial charge is 0.258 e. The van der Waals surface area contributed by atoms with Crippen molar-refractivity contribution in [1.82, 2.24) is 24.5 Å². The van der Waals surface area contributed by atoms with Crippen molar-refractivity contribution in [3.63, 3.8) is 0 Å².